The first kappa shape index (κ1) is 44.2. The molecular formula is C69H42F2N6. The minimum Gasteiger partial charge on any atom is -0.309 e. The largest absolute Gasteiger partial charge is 0.309 e. The molecule has 4 heterocycles. The van der Waals surface area contributed by atoms with Crippen molar-refractivity contribution in [2.24, 2.45) is 0 Å². The molecule has 0 aliphatic carbocycles. The van der Waals surface area contributed by atoms with Crippen LogP contribution in [0.3, 0.4) is 0 Å². The zero-order valence-electron chi connectivity index (χ0n) is 41.2. The fraction of sp³-hybridized carbons (Fsp3) is 0. The van der Waals surface area contributed by atoms with E-state index in [0.29, 0.717) is 28.7 Å². The van der Waals surface area contributed by atoms with Crippen LogP contribution in [0.2, 0.25) is 0 Å². The van der Waals surface area contributed by atoms with Gasteiger partial charge in [0.1, 0.15) is 11.6 Å². The highest BCUT2D eigenvalue weighted by atomic mass is 19.1. The summed E-state index contributed by atoms with van der Waals surface area (Å²) in [6, 6.07) is 85.8. The van der Waals surface area contributed by atoms with E-state index in [0.717, 1.165) is 93.8 Å². The molecule has 8 heteroatoms. The highest BCUT2D eigenvalue weighted by molar-refractivity contribution is 6.13. The number of rotatable bonds is 8. The number of benzene rings is 11. The summed E-state index contributed by atoms with van der Waals surface area (Å²) in [5, 5.41) is 6.71. The predicted molar refractivity (Wildman–Crippen MR) is 310 cm³/mol. The minimum atomic E-state index is -0.370. The Labute approximate surface area is 440 Å². The molecule has 0 bridgehead atoms. The van der Waals surface area contributed by atoms with Crippen molar-refractivity contribution in [3.63, 3.8) is 0 Å². The smallest absolute Gasteiger partial charge is 0.238 e. The van der Waals surface area contributed by atoms with Crippen LogP contribution in [-0.4, -0.2) is 28.7 Å². The molecule has 0 amide bonds. The van der Waals surface area contributed by atoms with Gasteiger partial charge in [-0.2, -0.15) is 9.97 Å². The average molecular weight is 993 g/mol. The second-order valence-electron chi connectivity index (χ2n) is 19.5. The van der Waals surface area contributed by atoms with Gasteiger partial charge >= 0.3 is 0 Å². The van der Waals surface area contributed by atoms with Crippen LogP contribution in [0.15, 0.2) is 255 Å². The monoisotopic (exact) mass is 992 g/mol. The zero-order valence-corrected chi connectivity index (χ0v) is 41.2. The van der Waals surface area contributed by atoms with Crippen molar-refractivity contribution in [2.75, 3.05) is 0 Å². The molecule has 0 radical (unpaired) electrons. The number of hydrogen-bond donors (Lipinski definition) is 0. The summed E-state index contributed by atoms with van der Waals surface area (Å²) in [5.41, 5.74) is 16.1. The van der Waals surface area contributed by atoms with E-state index < -0.39 is 0 Å². The molecule has 362 valence electrons. The SMILES string of the molecule is Fc1ccc(-c2nc(-c3ccc(F)cc3)nc(-n3c4cc(-c5ccc(-n6c7ccccc7c7ccc(-c8ccccc8)cc76)cc5)ccc4c4ccc(-n5c6ccccc6c6ccc(-c7ccccc7)cc65)cc43)n2)cc1. The summed E-state index contributed by atoms with van der Waals surface area (Å²) in [6.45, 7) is 0. The molecule has 0 unspecified atom stereocenters. The molecule has 77 heavy (non-hydrogen) atoms. The van der Waals surface area contributed by atoms with Crippen LogP contribution in [0.4, 0.5) is 8.78 Å². The topological polar surface area (TPSA) is 53.5 Å². The summed E-state index contributed by atoms with van der Waals surface area (Å²) in [7, 11) is 0. The number of hydrogen-bond acceptors (Lipinski definition) is 3. The van der Waals surface area contributed by atoms with Crippen molar-refractivity contribution >= 4 is 65.4 Å². The van der Waals surface area contributed by atoms with Gasteiger partial charge in [-0.05, 0) is 137 Å². The molecule has 6 nitrogen and oxygen atoms in total. The Hall–Kier alpha value is -10.3. The molecule has 0 saturated carbocycles. The van der Waals surface area contributed by atoms with Crippen LogP contribution >= 0.6 is 0 Å². The quantitative estimate of drug-likeness (QED) is 0.152. The lowest BCUT2D eigenvalue weighted by atomic mass is 10.0. The fourth-order valence-corrected chi connectivity index (χ4v) is 11.4. The maximum Gasteiger partial charge on any atom is 0.238 e. The second-order valence-corrected chi connectivity index (χ2v) is 19.5. The van der Waals surface area contributed by atoms with Crippen molar-refractivity contribution < 1.29 is 8.78 Å². The van der Waals surface area contributed by atoms with Gasteiger partial charge in [-0.15, -0.1) is 0 Å². The van der Waals surface area contributed by atoms with E-state index >= 15 is 0 Å². The highest BCUT2D eigenvalue weighted by Gasteiger charge is 2.22. The summed E-state index contributed by atoms with van der Waals surface area (Å²) in [4.78, 5) is 15.3. The van der Waals surface area contributed by atoms with Gasteiger partial charge < -0.3 is 9.13 Å². The van der Waals surface area contributed by atoms with Gasteiger partial charge in [0.25, 0.3) is 0 Å². The normalized spacial score (nSPS) is 11.8. The number of halogens is 2. The van der Waals surface area contributed by atoms with E-state index in [9.17, 15) is 8.78 Å². The average Bonchev–Trinajstić information content (AvgIpc) is 4.21. The number of fused-ring (bicyclic) bond motifs is 9. The molecule has 0 atom stereocenters. The Morgan fingerprint density at radius 2 is 0.571 bits per heavy atom. The molecular weight excluding hydrogens is 951 g/mol. The van der Waals surface area contributed by atoms with Gasteiger partial charge in [0.05, 0.1) is 33.1 Å². The molecule has 0 saturated heterocycles. The lowest BCUT2D eigenvalue weighted by Gasteiger charge is -2.13. The molecule has 0 spiro atoms. The maximum atomic E-state index is 14.5. The second kappa shape index (κ2) is 17.7. The molecule has 4 aromatic heterocycles. The van der Waals surface area contributed by atoms with E-state index in [2.05, 4.69) is 208 Å². The molecule has 11 aromatic carbocycles. The van der Waals surface area contributed by atoms with Crippen LogP contribution < -0.4 is 0 Å². The predicted octanol–water partition coefficient (Wildman–Crippen LogP) is 17.8. The van der Waals surface area contributed by atoms with E-state index in [1.807, 2.05) is 12.1 Å². The summed E-state index contributed by atoms with van der Waals surface area (Å²) in [6.07, 6.45) is 0. The van der Waals surface area contributed by atoms with Crippen molar-refractivity contribution in [1.29, 1.82) is 0 Å². The van der Waals surface area contributed by atoms with Gasteiger partial charge in [-0.25, -0.2) is 13.8 Å². The minimum absolute atomic E-state index is 0.351. The number of nitrogens with zero attached hydrogens (tertiary/aromatic N) is 6. The standard InChI is InChI=1S/C69H42F2N6/c70-51-28-19-46(20-29-51)67-72-68(47-21-30-52(71)31-22-47)74-69(73-67)77-65-41-50(45-23-32-53(33-24-45)75-61-17-9-7-15-55(61)57-35-25-48(39-63(57)75)43-11-3-1-4-12-43)27-37-59(65)60-38-34-54(42-66(60)77)76-62-18-10-8-16-56(62)58-36-26-49(40-64(58)76)44-13-5-2-6-14-44/h1-42H. The third-order valence-electron chi connectivity index (χ3n) is 15.1. The van der Waals surface area contributed by atoms with Gasteiger partial charge in [0.2, 0.25) is 5.95 Å². The van der Waals surface area contributed by atoms with Crippen LogP contribution in [0.1, 0.15) is 0 Å². The van der Waals surface area contributed by atoms with Crippen molar-refractivity contribution in [3.05, 3.63) is 266 Å². The first-order valence-electron chi connectivity index (χ1n) is 25.6. The highest BCUT2D eigenvalue weighted by Crippen LogP contribution is 2.41. The first-order chi connectivity index (χ1) is 38.0. The number of para-hydroxylation sites is 2. The van der Waals surface area contributed by atoms with Crippen LogP contribution in [-0.2, 0) is 0 Å². The summed E-state index contributed by atoms with van der Waals surface area (Å²) < 4.78 is 35.7. The van der Waals surface area contributed by atoms with Crippen LogP contribution in [0.25, 0.3) is 139 Å². The van der Waals surface area contributed by atoms with Gasteiger partial charge in [-0.3, -0.25) is 4.57 Å². The molecule has 0 fully saturated rings. The summed E-state index contributed by atoms with van der Waals surface area (Å²) in [5.74, 6) is 0.321. The van der Waals surface area contributed by atoms with Crippen LogP contribution in [0, 0.1) is 11.6 Å². The third-order valence-corrected chi connectivity index (χ3v) is 15.1. The Balaban J connectivity index is 0.944. The third kappa shape index (κ3) is 7.41. The van der Waals surface area contributed by atoms with Gasteiger partial charge in [0, 0.05) is 54.8 Å². The van der Waals surface area contributed by atoms with Crippen molar-refractivity contribution in [1.82, 2.24) is 28.7 Å². The Bertz CT molecular complexity index is 4730. The molecule has 0 aliphatic rings. The number of aromatic nitrogens is 6. The van der Waals surface area contributed by atoms with E-state index in [1.165, 1.54) is 40.6 Å². The lowest BCUT2D eigenvalue weighted by molar-refractivity contribution is 0.627. The van der Waals surface area contributed by atoms with Gasteiger partial charge in [-0.1, -0.05) is 152 Å². The maximum absolute atomic E-state index is 14.5. The summed E-state index contributed by atoms with van der Waals surface area (Å²) >= 11 is 0. The molecule has 15 rings (SSSR count). The molecule has 15 aromatic rings. The Kier molecular flexibility index (Phi) is 10.1. The molecule has 0 N–H and O–H groups in total. The lowest BCUT2D eigenvalue weighted by Crippen LogP contribution is -2.07. The Morgan fingerprint density at radius 1 is 0.234 bits per heavy atom. The zero-order chi connectivity index (χ0) is 51.1. The van der Waals surface area contributed by atoms with E-state index in [1.54, 1.807) is 24.3 Å². The fourth-order valence-electron chi connectivity index (χ4n) is 11.4. The Morgan fingerprint density at radius 3 is 1.05 bits per heavy atom. The van der Waals surface area contributed by atoms with Crippen molar-refractivity contribution in [3.8, 4) is 73.5 Å². The van der Waals surface area contributed by atoms with Crippen molar-refractivity contribution in [2.45, 2.75) is 0 Å². The molecule has 0 aliphatic heterocycles. The van der Waals surface area contributed by atoms with Crippen LogP contribution in [0.5, 0.6) is 0 Å². The van der Waals surface area contributed by atoms with E-state index in [4.69, 9.17) is 15.0 Å². The first-order valence-corrected chi connectivity index (χ1v) is 25.6. The van der Waals surface area contributed by atoms with Gasteiger partial charge in [0.15, 0.2) is 11.6 Å². The van der Waals surface area contributed by atoms with E-state index in [-0.39, 0.29) is 11.6 Å².